The number of fused-ring (bicyclic) bond motifs is 1. The molecule has 112 valence electrons. The minimum atomic E-state index is 0.206. The van der Waals surface area contributed by atoms with Gasteiger partial charge in [0.2, 0.25) is 0 Å². The third kappa shape index (κ3) is 2.28. The van der Waals surface area contributed by atoms with E-state index in [9.17, 15) is 0 Å². The van der Waals surface area contributed by atoms with E-state index in [1.165, 1.54) is 0 Å². The first kappa shape index (κ1) is 13.3. The third-order valence-corrected chi connectivity index (χ3v) is 3.70. The normalized spacial score (nSPS) is 11.5. The van der Waals surface area contributed by atoms with Gasteiger partial charge in [-0.15, -0.1) is 15.3 Å². The van der Waals surface area contributed by atoms with Gasteiger partial charge >= 0.3 is 5.95 Å². The molecule has 0 aliphatic carbocycles. The summed E-state index contributed by atoms with van der Waals surface area (Å²) in [6.45, 7) is 0. The molecule has 0 unspecified atom stereocenters. The fraction of sp³-hybridized carbons (Fsp3) is 0.0625. The number of rotatable bonds is 3. The molecule has 1 N–H and O–H groups in total. The molecule has 0 radical (unpaired) electrons. The van der Waals surface area contributed by atoms with E-state index >= 15 is 0 Å². The van der Waals surface area contributed by atoms with Crippen molar-refractivity contribution in [3.8, 4) is 11.3 Å². The van der Waals surface area contributed by atoms with Crippen molar-refractivity contribution in [2.75, 3.05) is 0 Å². The van der Waals surface area contributed by atoms with Crippen LogP contribution in [0.3, 0.4) is 0 Å². The van der Waals surface area contributed by atoms with Crippen LogP contribution >= 0.6 is 0 Å². The Morgan fingerprint density at radius 3 is 2.52 bits per heavy atom. The Hall–Kier alpha value is -3.35. The Balaban J connectivity index is 1.97. The molecular weight excluding hydrogens is 290 g/mol. The average molecular weight is 303 g/mol. The molecule has 0 saturated carbocycles. The van der Waals surface area contributed by atoms with Crippen molar-refractivity contribution in [2.24, 2.45) is 17.3 Å². The van der Waals surface area contributed by atoms with Crippen LogP contribution in [0.15, 0.2) is 64.8 Å². The van der Waals surface area contributed by atoms with Crippen LogP contribution in [0.25, 0.3) is 22.2 Å². The van der Waals surface area contributed by atoms with Crippen molar-refractivity contribution in [2.45, 2.75) is 0 Å². The number of nitrogens with zero attached hydrogens (tertiary/aromatic N) is 6. The van der Waals surface area contributed by atoms with Crippen LogP contribution in [-0.2, 0) is 7.05 Å². The van der Waals surface area contributed by atoms with Gasteiger partial charge in [-0.1, -0.05) is 53.6 Å². The van der Waals surface area contributed by atoms with Crippen LogP contribution in [0.5, 0.6) is 0 Å². The number of tetrazole rings is 1. The second-order valence-electron chi connectivity index (χ2n) is 5.05. The number of hydrogen-bond acceptors (Lipinski definition) is 5. The number of azo groups is 1. The second kappa shape index (κ2) is 5.45. The van der Waals surface area contributed by atoms with Crippen LogP contribution in [0.1, 0.15) is 0 Å². The van der Waals surface area contributed by atoms with Gasteiger partial charge in [-0.25, -0.2) is 0 Å². The Kier molecular flexibility index (Phi) is 3.16. The largest absolute Gasteiger partial charge is 0.342 e. The van der Waals surface area contributed by atoms with E-state index in [1.54, 1.807) is 0 Å². The lowest BCUT2D eigenvalue weighted by Gasteiger charge is -2.05. The highest BCUT2D eigenvalue weighted by Gasteiger charge is 2.16. The van der Waals surface area contributed by atoms with Gasteiger partial charge in [0, 0.05) is 18.0 Å². The zero-order valence-electron chi connectivity index (χ0n) is 12.4. The molecule has 4 aromatic rings. The van der Waals surface area contributed by atoms with Gasteiger partial charge in [0.05, 0.1) is 11.2 Å². The lowest BCUT2D eigenvalue weighted by molar-refractivity contribution is 0.881. The lowest BCUT2D eigenvalue weighted by Crippen LogP contribution is -1.90. The van der Waals surface area contributed by atoms with Gasteiger partial charge in [0.25, 0.3) is 0 Å². The van der Waals surface area contributed by atoms with Crippen LogP contribution < -0.4 is 0 Å². The molecular formula is C16H13N7. The molecule has 0 aliphatic heterocycles. The monoisotopic (exact) mass is 303 g/mol. The number of nitrogens with one attached hydrogen (secondary N) is 1. The van der Waals surface area contributed by atoms with Crippen LogP contribution in [0, 0.1) is 0 Å². The molecule has 2 aromatic carbocycles. The van der Waals surface area contributed by atoms with Crippen LogP contribution in [-0.4, -0.2) is 25.2 Å². The van der Waals surface area contributed by atoms with Crippen molar-refractivity contribution >= 4 is 22.5 Å². The van der Waals surface area contributed by atoms with E-state index in [1.807, 2.05) is 43.4 Å². The van der Waals surface area contributed by atoms with Crippen molar-refractivity contribution < 1.29 is 0 Å². The molecule has 0 fully saturated rings. The quantitative estimate of drug-likeness (QED) is 0.585. The van der Waals surface area contributed by atoms with Crippen molar-refractivity contribution in [1.82, 2.24) is 25.2 Å². The SMILES string of the molecule is Cn1c(-c2ccccc2)c(N=Nc2nn[nH]n2)c2ccccc21. The Morgan fingerprint density at radius 1 is 0.957 bits per heavy atom. The van der Waals surface area contributed by atoms with E-state index < -0.39 is 0 Å². The zero-order chi connectivity index (χ0) is 15.6. The number of para-hydroxylation sites is 1. The minimum absolute atomic E-state index is 0.206. The first-order valence-electron chi connectivity index (χ1n) is 7.12. The smallest absolute Gasteiger partial charge is 0.307 e. The standard InChI is InChI=1S/C16H13N7/c1-23-13-10-6-5-9-12(13)14(17-18-16-19-21-22-20-16)15(23)11-7-3-2-4-8-11/h2-10H,1H3,(H,19,20,21,22). The summed E-state index contributed by atoms with van der Waals surface area (Å²) in [5.41, 5.74) is 3.96. The van der Waals surface area contributed by atoms with Gasteiger partial charge in [-0.2, -0.15) is 5.21 Å². The number of hydrogen-bond donors (Lipinski definition) is 1. The average Bonchev–Trinajstić information content (AvgIpc) is 3.21. The predicted octanol–water partition coefficient (Wildman–Crippen LogP) is 3.77. The van der Waals surface area contributed by atoms with E-state index in [0.717, 1.165) is 27.8 Å². The molecule has 2 aromatic heterocycles. The molecule has 2 heterocycles. The minimum Gasteiger partial charge on any atom is -0.342 e. The van der Waals surface area contributed by atoms with Crippen molar-refractivity contribution in [1.29, 1.82) is 0 Å². The molecule has 0 spiro atoms. The number of H-pyrrole nitrogens is 1. The lowest BCUT2D eigenvalue weighted by atomic mass is 10.1. The van der Waals surface area contributed by atoms with Crippen LogP contribution in [0.4, 0.5) is 11.6 Å². The van der Waals surface area contributed by atoms with Crippen LogP contribution in [0.2, 0.25) is 0 Å². The fourth-order valence-corrected chi connectivity index (χ4v) is 2.69. The predicted molar refractivity (Wildman–Crippen MR) is 86.7 cm³/mol. The summed E-state index contributed by atoms with van der Waals surface area (Å²) in [6, 6.07) is 18.2. The highest BCUT2D eigenvalue weighted by molar-refractivity contribution is 6.00. The fourth-order valence-electron chi connectivity index (χ4n) is 2.69. The molecule has 0 atom stereocenters. The van der Waals surface area contributed by atoms with Gasteiger partial charge in [0.1, 0.15) is 5.69 Å². The number of aromatic amines is 1. The molecule has 7 heteroatoms. The first-order chi connectivity index (χ1) is 11.3. The molecule has 4 rings (SSSR count). The van der Waals surface area contributed by atoms with Crippen molar-refractivity contribution in [3.05, 3.63) is 54.6 Å². The maximum Gasteiger partial charge on any atom is 0.307 e. The summed E-state index contributed by atoms with van der Waals surface area (Å²) >= 11 is 0. The summed E-state index contributed by atoms with van der Waals surface area (Å²) in [6.07, 6.45) is 0. The van der Waals surface area contributed by atoms with Gasteiger partial charge in [0.15, 0.2) is 0 Å². The number of aromatic nitrogens is 5. The summed E-state index contributed by atoms with van der Waals surface area (Å²) in [5.74, 6) is 0.206. The topological polar surface area (TPSA) is 84.1 Å². The molecule has 0 bridgehead atoms. The molecule has 23 heavy (non-hydrogen) atoms. The Morgan fingerprint density at radius 2 is 1.74 bits per heavy atom. The van der Waals surface area contributed by atoms with Gasteiger partial charge < -0.3 is 4.57 Å². The van der Waals surface area contributed by atoms with E-state index in [2.05, 4.69) is 53.6 Å². The third-order valence-electron chi connectivity index (χ3n) is 3.70. The summed E-state index contributed by atoms with van der Waals surface area (Å²) in [5, 5.41) is 23.0. The van der Waals surface area contributed by atoms with Gasteiger partial charge in [-0.3, -0.25) is 0 Å². The Bertz CT molecular complexity index is 969. The summed E-state index contributed by atoms with van der Waals surface area (Å²) < 4.78 is 2.12. The first-order valence-corrected chi connectivity index (χ1v) is 7.12. The van der Waals surface area contributed by atoms with E-state index in [4.69, 9.17) is 0 Å². The zero-order valence-corrected chi connectivity index (χ0v) is 12.4. The molecule has 0 amide bonds. The molecule has 7 nitrogen and oxygen atoms in total. The number of aryl methyl sites for hydroxylation is 1. The second-order valence-corrected chi connectivity index (χ2v) is 5.05. The maximum atomic E-state index is 4.39. The summed E-state index contributed by atoms with van der Waals surface area (Å²) in [7, 11) is 2.03. The van der Waals surface area contributed by atoms with E-state index in [0.29, 0.717) is 0 Å². The van der Waals surface area contributed by atoms with Gasteiger partial charge in [-0.05, 0) is 11.3 Å². The highest BCUT2D eigenvalue weighted by atomic mass is 15.5. The van der Waals surface area contributed by atoms with E-state index in [-0.39, 0.29) is 5.95 Å². The number of benzene rings is 2. The van der Waals surface area contributed by atoms with Crippen molar-refractivity contribution in [3.63, 3.8) is 0 Å². The molecule has 0 saturated heterocycles. The highest BCUT2D eigenvalue weighted by Crippen LogP contribution is 2.39. The maximum absolute atomic E-state index is 4.39. The summed E-state index contributed by atoms with van der Waals surface area (Å²) in [4.78, 5) is 0. The Labute approximate surface area is 131 Å². The molecule has 0 aliphatic rings.